The molecule has 7 nitrogen and oxygen atoms in total. The Balaban J connectivity index is 1.68. The Bertz CT molecular complexity index is 1110. The molecule has 0 saturated carbocycles. The van der Waals surface area contributed by atoms with E-state index in [1.54, 1.807) is 6.20 Å². The summed E-state index contributed by atoms with van der Waals surface area (Å²) in [7, 11) is -1.21. The molecule has 3 rings (SSSR count). The molecule has 2 aromatic carbocycles. The van der Waals surface area contributed by atoms with Crippen LogP contribution in [-0.2, 0) is 21.3 Å². The molecule has 1 heterocycles. The largest absolute Gasteiger partial charge is 0.298 e. The van der Waals surface area contributed by atoms with Crippen LogP contribution in [0, 0.1) is 0 Å². The average Bonchev–Trinajstić information content (AvgIpc) is 3.15. The van der Waals surface area contributed by atoms with Gasteiger partial charge in [-0.3, -0.25) is 14.9 Å². The summed E-state index contributed by atoms with van der Waals surface area (Å²) < 4.78 is 25.1. The zero-order valence-corrected chi connectivity index (χ0v) is 18.0. The van der Waals surface area contributed by atoms with Gasteiger partial charge in [0.05, 0.1) is 12.0 Å². The first kappa shape index (κ1) is 21.4. The molecule has 3 aromatic rings. The third-order valence-electron chi connectivity index (χ3n) is 4.11. The van der Waals surface area contributed by atoms with Gasteiger partial charge >= 0.3 is 0 Å². The molecule has 0 aliphatic rings. The molecule has 0 saturated heterocycles. The molecule has 0 aliphatic heterocycles. The number of thiazole rings is 1. The number of rotatable bonds is 7. The normalized spacial score (nSPS) is 11.6. The van der Waals surface area contributed by atoms with E-state index < -0.39 is 10.0 Å². The first-order valence-electron chi connectivity index (χ1n) is 8.44. The van der Waals surface area contributed by atoms with Crippen molar-refractivity contribution in [2.75, 3.05) is 19.5 Å². The molecule has 29 heavy (non-hydrogen) atoms. The zero-order chi connectivity index (χ0) is 21.0. The summed E-state index contributed by atoms with van der Waals surface area (Å²) >= 11 is 7.53. The topological polar surface area (TPSA) is 88.6 Å². The van der Waals surface area contributed by atoms with E-state index in [0.29, 0.717) is 22.1 Å². The fourth-order valence-electron chi connectivity index (χ4n) is 2.47. The van der Waals surface area contributed by atoms with Gasteiger partial charge in [0.2, 0.25) is 0 Å². The Morgan fingerprint density at radius 1 is 1.21 bits per heavy atom. The third-order valence-corrected chi connectivity index (χ3v) is 7.08. The van der Waals surface area contributed by atoms with Gasteiger partial charge in [-0.25, -0.2) is 13.4 Å². The standard InChI is InChI=1S/C19H18ClN3O4S2/c1-23(27-2)29(25,26)16-9-7-13(8-10-16)18(24)22-19-21-12-15(28-19)11-14-5-3-4-6-17(14)20/h3-10,12H,11H2,1-2H3,(H,21,22,24). The van der Waals surface area contributed by atoms with Crippen LogP contribution < -0.4 is 5.32 Å². The Hall–Kier alpha value is -2.30. The minimum Gasteiger partial charge on any atom is -0.298 e. The highest BCUT2D eigenvalue weighted by Gasteiger charge is 2.21. The van der Waals surface area contributed by atoms with Crippen molar-refractivity contribution in [2.24, 2.45) is 0 Å². The summed E-state index contributed by atoms with van der Waals surface area (Å²) in [6, 6.07) is 13.1. The number of hydroxylamine groups is 1. The Kier molecular flexibility index (Phi) is 6.66. The minimum absolute atomic E-state index is 0.0228. The number of amides is 1. The molecule has 0 radical (unpaired) electrons. The number of anilines is 1. The molecular weight excluding hydrogens is 434 g/mol. The first-order chi connectivity index (χ1) is 13.8. The molecule has 0 fully saturated rings. The van der Waals surface area contributed by atoms with Crippen LogP contribution in [0.15, 0.2) is 59.6 Å². The highest BCUT2D eigenvalue weighted by molar-refractivity contribution is 7.89. The first-order valence-corrected chi connectivity index (χ1v) is 11.1. The number of nitrogens with one attached hydrogen (secondary N) is 1. The Morgan fingerprint density at radius 3 is 2.55 bits per heavy atom. The lowest BCUT2D eigenvalue weighted by Gasteiger charge is -2.14. The monoisotopic (exact) mass is 451 g/mol. The van der Waals surface area contributed by atoms with Crippen LogP contribution in [0.4, 0.5) is 5.13 Å². The van der Waals surface area contributed by atoms with Gasteiger partial charge in [-0.15, -0.1) is 11.3 Å². The van der Waals surface area contributed by atoms with Crippen LogP contribution >= 0.6 is 22.9 Å². The van der Waals surface area contributed by atoms with Crippen LogP contribution in [0.3, 0.4) is 0 Å². The van der Waals surface area contributed by atoms with Crippen LogP contribution in [0.25, 0.3) is 0 Å². The van der Waals surface area contributed by atoms with Crippen molar-refractivity contribution in [3.63, 3.8) is 0 Å². The SMILES string of the molecule is CON(C)S(=O)(=O)c1ccc(C(=O)Nc2ncc(Cc3ccccc3Cl)s2)cc1. The van der Waals surface area contributed by atoms with Gasteiger partial charge in [-0.2, -0.15) is 0 Å². The molecule has 0 aliphatic carbocycles. The molecule has 1 amide bonds. The highest BCUT2D eigenvalue weighted by atomic mass is 35.5. The van der Waals surface area contributed by atoms with E-state index >= 15 is 0 Å². The summed E-state index contributed by atoms with van der Waals surface area (Å²) in [5.74, 6) is -0.382. The number of benzene rings is 2. The number of carbonyl (C=O) groups excluding carboxylic acids is 1. The predicted octanol–water partition coefficient (Wildman–Crippen LogP) is 3.82. The van der Waals surface area contributed by atoms with Crippen LogP contribution in [0.1, 0.15) is 20.8 Å². The summed E-state index contributed by atoms with van der Waals surface area (Å²) in [5.41, 5.74) is 1.29. The smallest absolute Gasteiger partial charge is 0.264 e. The van der Waals surface area contributed by atoms with Gasteiger partial charge in [0.1, 0.15) is 0 Å². The molecule has 0 unspecified atom stereocenters. The van der Waals surface area contributed by atoms with Gasteiger partial charge in [-0.1, -0.05) is 34.3 Å². The number of hydrogen-bond donors (Lipinski definition) is 1. The molecule has 0 atom stereocenters. The fraction of sp³-hybridized carbons (Fsp3) is 0.158. The van der Waals surface area contributed by atoms with Gasteiger partial charge in [0, 0.05) is 35.1 Å². The highest BCUT2D eigenvalue weighted by Crippen LogP contribution is 2.25. The van der Waals surface area contributed by atoms with Crippen molar-refractivity contribution >= 4 is 44.0 Å². The maximum Gasteiger partial charge on any atom is 0.264 e. The zero-order valence-electron chi connectivity index (χ0n) is 15.6. The number of aromatic nitrogens is 1. The van der Waals surface area contributed by atoms with Crippen molar-refractivity contribution in [3.05, 3.63) is 75.8 Å². The predicted molar refractivity (Wildman–Crippen MR) is 113 cm³/mol. The molecule has 0 bridgehead atoms. The fourth-order valence-corrected chi connectivity index (χ4v) is 4.48. The second kappa shape index (κ2) is 9.02. The Labute approximate surface area is 177 Å². The lowest BCUT2D eigenvalue weighted by molar-refractivity contribution is -0.0258. The van der Waals surface area contributed by atoms with Crippen molar-refractivity contribution in [1.82, 2.24) is 9.45 Å². The van der Waals surface area contributed by atoms with Gasteiger partial charge in [0.25, 0.3) is 15.9 Å². The Morgan fingerprint density at radius 2 is 1.90 bits per heavy atom. The van der Waals surface area contributed by atoms with Crippen molar-refractivity contribution in [3.8, 4) is 0 Å². The van der Waals surface area contributed by atoms with E-state index in [0.717, 1.165) is 14.9 Å². The van der Waals surface area contributed by atoms with Crippen molar-refractivity contribution in [2.45, 2.75) is 11.3 Å². The molecule has 152 valence electrons. The molecule has 0 spiro atoms. The molecule has 1 N–H and O–H groups in total. The second-order valence-corrected chi connectivity index (χ2v) is 9.43. The van der Waals surface area contributed by atoms with Crippen molar-refractivity contribution in [1.29, 1.82) is 0 Å². The van der Waals surface area contributed by atoms with E-state index in [1.807, 2.05) is 24.3 Å². The van der Waals surface area contributed by atoms with Crippen molar-refractivity contribution < 1.29 is 18.0 Å². The lowest BCUT2D eigenvalue weighted by Crippen LogP contribution is -2.25. The number of sulfonamides is 1. The lowest BCUT2D eigenvalue weighted by atomic mass is 10.1. The van der Waals surface area contributed by atoms with Gasteiger partial charge < -0.3 is 0 Å². The second-order valence-electron chi connectivity index (χ2n) is 5.98. The summed E-state index contributed by atoms with van der Waals surface area (Å²) in [6.07, 6.45) is 2.31. The van der Waals surface area contributed by atoms with Crippen LogP contribution in [0.5, 0.6) is 0 Å². The summed E-state index contributed by atoms with van der Waals surface area (Å²) in [6.45, 7) is 0. The van der Waals surface area contributed by atoms with E-state index in [1.165, 1.54) is 49.8 Å². The quantitative estimate of drug-likeness (QED) is 0.551. The summed E-state index contributed by atoms with van der Waals surface area (Å²) in [5, 5.41) is 3.85. The number of carbonyl (C=O) groups is 1. The number of hydrogen-bond acceptors (Lipinski definition) is 6. The summed E-state index contributed by atoms with van der Waals surface area (Å²) in [4.78, 5) is 22.4. The van der Waals surface area contributed by atoms with Gasteiger partial charge in [0.15, 0.2) is 5.13 Å². The van der Waals surface area contributed by atoms with E-state index in [4.69, 9.17) is 16.4 Å². The maximum atomic E-state index is 12.4. The maximum absolute atomic E-state index is 12.4. The van der Waals surface area contributed by atoms with Gasteiger partial charge in [-0.05, 0) is 35.9 Å². The average molecular weight is 452 g/mol. The van der Waals surface area contributed by atoms with E-state index in [9.17, 15) is 13.2 Å². The molecular formula is C19H18ClN3O4S2. The third kappa shape index (κ3) is 5.01. The van der Waals surface area contributed by atoms with E-state index in [2.05, 4.69) is 10.3 Å². The number of nitrogens with zero attached hydrogens (tertiary/aromatic N) is 2. The minimum atomic E-state index is -3.76. The number of halogens is 1. The molecule has 10 heteroatoms. The van der Waals surface area contributed by atoms with Crippen LogP contribution in [-0.4, -0.2) is 37.9 Å². The van der Waals surface area contributed by atoms with Crippen LogP contribution in [0.2, 0.25) is 5.02 Å². The molecule has 1 aromatic heterocycles. The van der Waals surface area contributed by atoms with E-state index in [-0.39, 0.29) is 10.8 Å².